The molecule has 0 radical (unpaired) electrons. The molecule has 0 fully saturated rings. The normalized spacial score (nSPS) is 12.5. The molecule has 2 rings (SSSR count). The quantitative estimate of drug-likeness (QED) is 0.605. The number of carbonyl (C=O) groups is 2. The standard InChI is InChI=1S/C19H20O5S/c1-12-8-9-15(10-13(12)2)18(20)14(3)24-19(21)16-6-5-7-17(11-16)25(4,22)23/h5-11,14H,1-4H3. The summed E-state index contributed by atoms with van der Waals surface area (Å²) in [6, 6.07) is 10.8. The molecule has 5 nitrogen and oxygen atoms in total. The minimum atomic E-state index is -3.43. The lowest BCUT2D eigenvalue weighted by Crippen LogP contribution is -2.24. The van der Waals surface area contributed by atoms with E-state index in [0.29, 0.717) is 5.56 Å². The molecule has 0 saturated heterocycles. The van der Waals surface area contributed by atoms with Crippen LogP contribution in [-0.4, -0.2) is 32.5 Å². The van der Waals surface area contributed by atoms with Gasteiger partial charge in [-0.15, -0.1) is 0 Å². The van der Waals surface area contributed by atoms with Crippen LogP contribution in [0.1, 0.15) is 38.8 Å². The van der Waals surface area contributed by atoms with Crippen LogP contribution in [0, 0.1) is 13.8 Å². The summed E-state index contributed by atoms with van der Waals surface area (Å²) in [5, 5.41) is 0. The van der Waals surface area contributed by atoms with E-state index < -0.39 is 21.9 Å². The Hall–Kier alpha value is -2.47. The molecule has 2 aromatic carbocycles. The third-order valence-corrected chi connectivity index (χ3v) is 5.05. The van der Waals surface area contributed by atoms with Crippen molar-refractivity contribution in [3.8, 4) is 0 Å². The van der Waals surface area contributed by atoms with E-state index in [0.717, 1.165) is 17.4 Å². The second kappa shape index (κ2) is 7.19. The highest BCUT2D eigenvalue weighted by atomic mass is 32.2. The maximum Gasteiger partial charge on any atom is 0.338 e. The van der Waals surface area contributed by atoms with E-state index in [4.69, 9.17) is 4.74 Å². The lowest BCUT2D eigenvalue weighted by atomic mass is 10.0. The minimum absolute atomic E-state index is 0.0232. The van der Waals surface area contributed by atoms with Crippen molar-refractivity contribution in [2.75, 3.05) is 6.26 Å². The first-order valence-corrected chi connectivity index (χ1v) is 9.61. The van der Waals surface area contributed by atoms with Crippen molar-refractivity contribution in [2.45, 2.75) is 31.8 Å². The second-order valence-electron chi connectivity index (χ2n) is 6.01. The summed E-state index contributed by atoms with van der Waals surface area (Å²) < 4.78 is 28.4. The fourth-order valence-corrected chi connectivity index (χ4v) is 2.93. The maximum atomic E-state index is 12.4. The molecule has 0 amide bonds. The molecular weight excluding hydrogens is 340 g/mol. The van der Waals surface area contributed by atoms with E-state index in [2.05, 4.69) is 0 Å². The van der Waals surface area contributed by atoms with E-state index in [1.165, 1.54) is 31.2 Å². The number of rotatable bonds is 5. The molecule has 0 aliphatic heterocycles. The molecule has 0 heterocycles. The second-order valence-corrected chi connectivity index (χ2v) is 8.03. The van der Waals surface area contributed by atoms with Crippen molar-refractivity contribution < 1.29 is 22.7 Å². The van der Waals surface area contributed by atoms with Gasteiger partial charge in [0, 0.05) is 11.8 Å². The number of sulfone groups is 1. The first kappa shape index (κ1) is 18.9. The monoisotopic (exact) mass is 360 g/mol. The summed E-state index contributed by atoms with van der Waals surface area (Å²) in [6.07, 6.45) is 0.0834. The van der Waals surface area contributed by atoms with Crippen molar-refractivity contribution in [1.29, 1.82) is 0 Å². The Morgan fingerprint density at radius 1 is 0.960 bits per heavy atom. The smallest absolute Gasteiger partial charge is 0.338 e. The molecule has 0 aromatic heterocycles. The van der Waals surface area contributed by atoms with Gasteiger partial charge in [0.1, 0.15) is 0 Å². The first-order chi connectivity index (χ1) is 11.6. The summed E-state index contributed by atoms with van der Waals surface area (Å²) in [4.78, 5) is 24.7. The van der Waals surface area contributed by atoms with E-state index in [9.17, 15) is 18.0 Å². The van der Waals surface area contributed by atoms with E-state index >= 15 is 0 Å². The van der Waals surface area contributed by atoms with Crippen molar-refractivity contribution >= 4 is 21.6 Å². The van der Waals surface area contributed by atoms with Crippen LogP contribution in [0.15, 0.2) is 47.4 Å². The Labute approximate surface area is 147 Å². The Bertz CT molecular complexity index is 929. The van der Waals surface area contributed by atoms with Gasteiger partial charge in [-0.3, -0.25) is 4.79 Å². The van der Waals surface area contributed by atoms with Crippen molar-refractivity contribution in [3.05, 3.63) is 64.7 Å². The number of ketones is 1. The van der Waals surface area contributed by atoms with Gasteiger partial charge in [0.15, 0.2) is 15.9 Å². The molecule has 0 aliphatic carbocycles. The lowest BCUT2D eigenvalue weighted by Gasteiger charge is -2.13. The molecule has 0 aliphatic rings. The maximum absolute atomic E-state index is 12.4. The number of hydrogen-bond acceptors (Lipinski definition) is 5. The number of aryl methyl sites for hydroxylation is 2. The number of esters is 1. The average Bonchev–Trinajstić information content (AvgIpc) is 2.56. The van der Waals surface area contributed by atoms with Crippen LogP contribution in [-0.2, 0) is 14.6 Å². The summed E-state index contributed by atoms with van der Waals surface area (Å²) >= 11 is 0. The van der Waals surface area contributed by atoms with Gasteiger partial charge in [0.05, 0.1) is 10.5 Å². The number of carbonyl (C=O) groups excluding carboxylic acids is 2. The molecular formula is C19H20O5S. The van der Waals surface area contributed by atoms with Crippen LogP contribution >= 0.6 is 0 Å². The van der Waals surface area contributed by atoms with Gasteiger partial charge in [0.2, 0.25) is 5.78 Å². The number of Topliss-reactive ketones (excluding diaryl/α,β-unsaturated/α-hetero) is 1. The van der Waals surface area contributed by atoms with E-state index in [1.807, 2.05) is 19.9 Å². The number of hydrogen-bond donors (Lipinski definition) is 0. The zero-order valence-corrected chi connectivity index (χ0v) is 15.4. The third-order valence-electron chi connectivity index (χ3n) is 3.94. The molecule has 6 heteroatoms. The highest BCUT2D eigenvalue weighted by molar-refractivity contribution is 7.90. The molecule has 0 saturated carbocycles. The van der Waals surface area contributed by atoms with E-state index in [1.54, 1.807) is 12.1 Å². The first-order valence-electron chi connectivity index (χ1n) is 7.72. The largest absolute Gasteiger partial charge is 0.451 e. The van der Waals surface area contributed by atoms with Crippen molar-refractivity contribution in [3.63, 3.8) is 0 Å². The minimum Gasteiger partial charge on any atom is -0.451 e. The molecule has 0 spiro atoms. The van der Waals surface area contributed by atoms with Crippen LogP contribution in [0.3, 0.4) is 0 Å². The van der Waals surface area contributed by atoms with E-state index in [-0.39, 0.29) is 16.2 Å². The predicted octanol–water partition coefficient (Wildman–Crippen LogP) is 3.14. The lowest BCUT2D eigenvalue weighted by molar-refractivity contribution is 0.0318. The van der Waals surface area contributed by atoms with Gasteiger partial charge < -0.3 is 4.74 Å². The van der Waals surface area contributed by atoms with Crippen LogP contribution < -0.4 is 0 Å². The zero-order valence-electron chi connectivity index (χ0n) is 14.6. The van der Waals surface area contributed by atoms with Crippen LogP contribution in [0.25, 0.3) is 0 Å². The molecule has 0 bridgehead atoms. The summed E-state index contributed by atoms with van der Waals surface area (Å²) in [5.74, 6) is -1.05. The molecule has 2 aromatic rings. The Kier molecular flexibility index (Phi) is 5.42. The SMILES string of the molecule is Cc1ccc(C(=O)C(C)OC(=O)c2cccc(S(C)(=O)=O)c2)cc1C. The van der Waals surface area contributed by atoms with Crippen LogP contribution in [0.2, 0.25) is 0 Å². The summed E-state index contributed by atoms with van der Waals surface area (Å²) in [7, 11) is -3.43. The van der Waals surface area contributed by atoms with Gasteiger partial charge in [-0.1, -0.05) is 18.2 Å². The Balaban J connectivity index is 2.17. The molecule has 0 N–H and O–H groups in total. The highest BCUT2D eigenvalue weighted by Gasteiger charge is 2.21. The Morgan fingerprint density at radius 3 is 2.24 bits per heavy atom. The Morgan fingerprint density at radius 2 is 1.64 bits per heavy atom. The fraction of sp³-hybridized carbons (Fsp3) is 0.263. The molecule has 25 heavy (non-hydrogen) atoms. The predicted molar refractivity (Wildman–Crippen MR) is 94.7 cm³/mol. The van der Waals surface area contributed by atoms with Crippen LogP contribution in [0.5, 0.6) is 0 Å². The van der Waals surface area contributed by atoms with Gasteiger partial charge >= 0.3 is 5.97 Å². The van der Waals surface area contributed by atoms with Gasteiger partial charge in [-0.05, 0) is 56.2 Å². The molecule has 1 atom stereocenters. The number of ether oxygens (including phenoxy) is 1. The van der Waals surface area contributed by atoms with Gasteiger partial charge in [-0.25, -0.2) is 13.2 Å². The average molecular weight is 360 g/mol. The summed E-state index contributed by atoms with van der Waals surface area (Å²) in [5.41, 5.74) is 2.60. The van der Waals surface area contributed by atoms with Gasteiger partial charge in [-0.2, -0.15) is 0 Å². The summed E-state index contributed by atoms with van der Waals surface area (Å²) in [6.45, 7) is 5.34. The van der Waals surface area contributed by atoms with Crippen molar-refractivity contribution in [2.24, 2.45) is 0 Å². The topological polar surface area (TPSA) is 77.5 Å². The third kappa shape index (κ3) is 4.54. The molecule has 1 unspecified atom stereocenters. The van der Waals surface area contributed by atoms with Crippen molar-refractivity contribution in [1.82, 2.24) is 0 Å². The van der Waals surface area contributed by atoms with Gasteiger partial charge in [0.25, 0.3) is 0 Å². The fourth-order valence-electron chi connectivity index (χ4n) is 2.27. The zero-order chi connectivity index (χ0) is 18.8. The highest BCUT2D eigenvalue weighted by Crippen LogP contribution is 2.16. The molecule has 132 valence electrons. The number of benzene rings is 2. The van der Waals surface area contributed by atoms with Crippen LogP contribution in [0.4, 0.5) is 0 Å².